The number of amides is 1. The smallest absolute Gasteiger partial charge is 0.279 e. The third-order valence-corrected chi connectivity index (χ3v) is 5.83. The molecule has 1 amide bonds. The number of benzene rings is 3. The molecule has 180 valence electrons. The van der Waals surface area contributed by atoms with Gasteiger partial charge in [-0.2, -0.15) is 0 Å². The molecule has 0 aromatic heterocycles. The van der Waals surface area contributed by atoms with Crippen molar-refractivity contribution in [3.05, 3.63) is 101 Å². The van der Waals surface area contributed by atoms with E-state index in [1.807, 2.05) is 54.6 Å². The van der Waals surface area contributed by atoms with Crippen LogP contribution in [0.1, 0.15) is 36.9 Å². The highest BCUT2D eigenvalue weighted by atomic mass is 16.7. The molecule has 3 aromatic rings. The van der Waals surface area contributed by atoms with E-state index in [0.29, 0.717) is 17.4 Å². The second kappa shape index (κ2) is 10.3. The molecule has 3 aromatic carbocycles. The first kappa shape index (κ1) is 23.8. The van der Waals surface area contributed by atoms with E-state index in [-0.39, 0.29) is 30.3 Å². The molecule has 0 fully saturated rings. The van der Waals surface area contributed by atoms with Crippen LogP contribution in [0.4, 0.5) is 17.1 Å². The molecule has 1 N–H and O–H groups in total. The van der Waals surface area contributed by atoms with Crippen molar-refractivity contribution in [3.8, 4) is 11.5 Å². The second-order valence-corrected chi connectivity index (χ2v) is 8.47. The lowest BCUT2D eigenvalue weighted by atomic mass is 9.99. The fraction of sp³-hybridized carbons (Fsp3) is 0.222. The van der Waals surface area contributed by atoms with Crippen LogP contribution < -0.4 is 19.7 Å². The molecule has 1 aliphatic rings. The van der Waals surface area contributed by atoms with E-state index < -0.39 is 16.9 Å². The highest BCUT2D eigenvalue weighted by Gasteiger charge is 2.36. The Labute approximate surface area is 203 Å². The number of nitrogens with one attached hydrogen (secondary N) is 1. The summed E-state index contributed by atoms with van der Waals surface area (Å²) in [6.45, 7) is 8.26. The van der Waals surface area contributed by atoms with Gasteiger partial charge in [0.1, 0.15) is 6.04 Å². The van der Waals surface area contributed by atoms with E-state index in [2.05, 4.69) is 25.7 Å². The quantitative estimate of drug-likeness (QED) is 0.239. The summed E-state index contributed by atoms with van der Waals surface area (Å²) in [4.78, 5) is 27.1. The average Bonchev–Trinajstić information content (AvgIpc) is 3.31. The van der Waals surface area contributed by atoms with Crippen molar-refractivity contribution in [1.82, 2.24) is 0 Å². The first-order chi connectivity index (χ1) is 16.9. The molecule has 0 radical (unpaired) electrons. The zero-order chi connectivity index (χ0) is 24.9. The molecule has 35 heavy (non-hydrogen) atoms. The maximum atomic E-state index is 13.8. The summed E-state index contributed by atoms with van der Waals surface area (Å²) < 4.78 is 10.8. The molecule has 0 saturated carbocycles. The van der Waals surface area contributed by atoms with Crippen molar-refractivity contribution in [2.24, 2.45) is 0 Å². The van der Waals surface area contributed by atoms with Crippen LogP contribution in [-0.2, 0) is 4.79 Å². The molecule has 0 saturated heterocycles. The van der Waals surface area contributed by atoms with Gasteiger partial charge in [0.05, 0.1) is 16.6 Å². The van der Waals surface area contributed by atoms with Crippen LogP contribution in [0, 0.1) is 10.1 Å². The van der Waals surface area contributed by atoms with Gasteiger partial charge in [-0.3, -0.25) is 14.9 Å². The number of hydrogen-bond donors (Lipinski definition) is 1. The second-order valence-electron chi connectivity index (χ2n) is 8.47. The molecule has 4 rings (SSSR count). The minimum Gasteiger partial charge on any atom is -0.454 e. The Morgan fingerprint density at radius 3 is 2.37 bits per heavy atom. The zero-order valence-corrected chi connectivity index (χ0v) is 19.6. The summed E-state index contributed by atoms with van der Waals surface area (Å²) in [7, 11) is 0. The van der Waals surface area contributed by atoms with Crippen molar-refractivity contribution in [2.45, 2.75) is 25.8 Å². The van der Waals surface area contributed by atoms with Gasteiger partial charge in [0.2, 0.25) is 6.79 Å². The van der Waals surface area contributed by atoms with Crippen molar-refractivity contribution >= 4 is 23.0 Å². The first-order valence-corrected chi connectivity index (χ1v) is 11.3. The highest BCUT2D eigenvalue weighted by Crippen LogP contribution is 2.42. The molecule has 1 heterocycles. The van der Waals surface area contributed by atoms with Gasteiger partial charge in [-0.1, -0.05) is 50.3 Å². The van der Waals surface area contributed by atoms with Crippen molar-refractivity contribution in [1.29, 1.82) is 0 Å². The zero-order valence-electron chi connectivity index (χ0n) is 19.6. The Balaban J connectivity index is 1.82. The normalized spacial score (nSPS) is 12.8. The maximum Gasteiger partial charge on any atom is 0.279 e. The number of rotatable bonds is 9. The number of fused-ring (bicyclic) bond motifs is 1. The maximum absolute atomic E-state index is 13.8. The van der Waals surface area contributed by atoms with E-state index in [4.69, 9.17) is 9.47 Å². The number of carbonyl (C=O) groups is 1. The molecule has 8 heteroatoms. The van der Waals surface area contributed by atoms with Crippen LogP contribution in [-0.4, -0.2) is 24.2 Å². The number of nitro benzene ring substituents is 1. The van der Waals surface area contributed by atoms with Gasteiger partial charge in [0, 0.05) is 17.9 Å². The fourth-order valence-electron chi connectivity index (χ4n) is 4.06. The molecule has 1 unspecified atom stereocenters. The van der Waals surface area contributed by atoms with Crippen LogP contribution in [0.25, 0.3) is 0 Å². The van der Waals surface area contributed by atoms with Crippen molar-refractivity contribution in [2.75, 3.05) is 23.6 Å². The third-order valence-electron chi connectivity index (χ3n) is 5.83. The van der Waals surface area contributed by atoms with Crippen LogP contribution in [0.5, 0.6) is 11.5 Å². The SMILES string of the molecule is C=CCN(c1ccccc1)C(C(=O)Nc1ccc(C(C)C)cc1)c1cc2c(cc1[N+](=O)[O-])OCO2. The standard InChI is InChI=1S/C27H27N3O5/c1-4-14-29(21-8-6-5-7-9-21)26(27(31)28-20-12-10-19(11-13-20)18(2)3)22-15-24-25(35-17-34-24)16-23(22)30(32)33/h4-13,15-16,18,26H,1,14,17H2,2-3H3,(H,28,31). The van der Waals surface area contributed by atoms with Gasteiger partial charge in [-0.25, -0.2) is 0 Å². The van der Waals surface area contributed by atoms with Gasteiger partial charge in [-0.15, -0.1) is 6.58 Å². The van der Waals surface area contributed by atoms with Gasteiger partial charge in [0.25, 0.3) is 11.6 Å². The summed E-state index contributed by atoms with van der Waals surface area (Å²) in [6.07, 6.45) is 1.66. The topological polar surface area (TPSA) is 93.9 Å². The average molecular weight is 474 g/mol. The molecule has 1 aliphatic heterocycles. The molecular weight excluding hydrogens is 446 g/mol. The van der Waals surface area contributed by atoms with Crippen LogP contribution in [0.2, 0.25) is 0 Å². The summed E-state index contributed by atoms with van der Waals surface area (Å²) in [5.74, 6) is 0.565. The van der Waals surface area contributed by atoms with Gasteiger partial charge in [0.15, 0.2) is 11.5 Å². The predicted molar refractivity (Wildman–Crippen MR) is 135 cm³/mol. The molecule has 8 nitrogen and oxygen atoms in total. The molecule has 1 atom stereocenters. The van der Waals surface area contributed by atoms with Gasteiger partial charge >= 0.3 is 0 Å². The Bertz CT molecular complexity index is 1230. The summed E-state index contributed by atoms with van der Waals surface area (Å²) in [5.41, 5.74) is 2.42. The van der Waals surface area contributed by atoms with E-state index >= 15 is 0 Å². The number of hydrogen-bond acceptors (Lipinski definition) is 6. The highest BCUT2D eigenvalue weighted by molar-refractivity contribution is 5.98. The predicted octanol–water partition coefficient (Wildman–Crippen LogP) is 5.82. The first-order valence-electron chi connectivity index (χ1n) is 11.3. The Morgan fingerprint density at radius 2 is 1.77 bits per heavy atom. The lowest BCUT2D eigenvalue weighted by Crippen LogP contribution is -2.38. The van der Waals surface area contributed by atoms with Crippen LogP contribution >= 0.6 is 0 Å². The number of carbonyl (C=O) groups excluding carboxylic acids is 1. The summed E-state index contributed by atoms with van der Waals surface area (Å²) in [6, 6.07) is 18.6. The molecule has 0 aliphatic carbocycles. The Morgan fingerprint density at radius 1 is 1.11 bits per heavy atom. The Hall–Kier alpha value is -4.33. The monoisotopic (exact) mass is 473 g/mol. The minimum absolute atomic E-state index is 0.0376. The largest absolute Gasteiger partial charge is 0.454 e. The lowest BCUT2D eigenvalue weighted by Gasteiger charge is -2.32. The van der Waals surface area contributed by atoms with Gasteiger partial charge < -0.3 is 19.7 Å². The molecular formula is C27H27N3O5. The van der Waals surface area contributed by atoms with Crippen molar-refractivity contribution in [3.63, 3.8) is 0 Å². The van der Waals surface area contributed by atoms with Crippen molar-refractivity contribution < 1.29 is 19.2 Å². The van der Waals surface area contributed by atoms with E-state index in [1.165, 1.54) is 12.1 Å². The molecule has 0 spiro atoms. The van der Waals surface area contributed by atoms with E-state index in [9.17, 15) is 14.9 Å². The van der Waals surface area contributed by atoms with Crippen LogP contribution in [0.15, 0.2) is 79.4 Å². The minimum atomic E-state index is -1.05. The lowest BCUT2D eigenvalue weighted by molar-refractivity contribution is -0.385. The Kier molecular flexibility index (Phi) is 7.01. The van der Waals surface area contributed by atoms with Gasteiger partial charge in [-0.05, 0) is 41.8 Å². The van der Waals surface area contributed by atoms with Crippen LogP contribution in [0.3, 0.4) is 0 Å². The fourth-order valence-corrected chi connectivity index (χ4v) is 4.06. The molecule has 0 bridgehead atoms. The summed E-state index contributed by atoms with van der Waals surface area (Å²) in [5, 5.41) is 15.0. The van der Waals surface area contributed by atoms with E-state index in [0.717, 1.165) is 11.3 Å². The number of nitrogens with zero attached hydrogens (tertiary/aromatic N) is 2. The number of para-hydroxylation sites is 1. The number of ether oxygens (including phenoxy) is 2. The third kappa shape index (κ3) is 5.11. The van der Waals surface area contributed by atoms with E-state index in [1.54, 1.807) is 11.0 Å². The number of anilines is 2. The number of nitro groups is 1. The summed E-state index contributed by atoms with van der Waals surface area (Å²) >= 11 is 0.